The number of Topliss-reactive ketones (excluding diaryl/α,β-unsaturated/α-hetero) is 1. The predicted octanol–water partition coefficient (Wildman–Crippen LogP) is 3.19. The van der Waals surface area contributed by atoms with E-state index >= 15 is 0 Å². The summed E-state index contributed by atoms with van der Waals surface area (Å²) >= 11 is 0. The molecule has 0 aliphatic carbocycles. The molecule has 0 aromatic heterocycles. The Morgan fingerprint density at radius 1 is 1.00 bits per heavy atom. The van der Waals surface area contributed by atoms with Crippen molar-refractivity contribution in [2.24, 2.45) is 5.73 Å². The number of nitrogens with two attached hydrogens (primary N) is 1. The van der Waals surface area contributed by atoms with E-state index in [2.05, 4.69) is 0 Å². The van der Waals surface area contributed by atoms with Crippen LogP contribution in [0, 0.1) is 0 Å². The van der Waals surface area contributed by atoms with Gasteiger partial charge in [-0.15, -0.1) is 0 Å². The van der Waals surface area contributed by atoms with Crippen LogP contribution in [0.15, 0.2) is 24.3 Å². The highest BCUT2D eigenvalue weighted by Gasteiger charge is 2.00. The van der Waals surface area contributed by atoms with Gasteiger partial charge in [0, 0.05) is 6.42 Å². The Morgan fingerprint density at radius 2 is 1.63 bits per heavy atom. The Bertz CT molecular complexity index is 377. The molecule has 0 fully saturated rings. The molecule has 106 valence electrons. The predicted molar refractivity (Wildman–Crippen MR) is 78.2 cm³/mol. The van der Waals surface area contributed by atoms with E-state index in [4.69, 9.17) is 5.73 Å². The largest absolute Gasteiger partial charge is 0.508 e. The monoisotopic (exact) mass is 263 g/mol. The number of ketones is 1. The normalized spacial score (nSPS) is 10.6. The van der Waals surface area contributed by atoms with Gasteiger partial charge in [0.25, 0.3) is 0 Å². The van der Waals surface area contributed by atoms with E-state index in [9.17, 15) is 9.90 Å². The number of phenols is 1. The van der Waals surface area contributed by atoms with Crippen molar-refractivity contribution < 1.29 is 9.90 Å². The van der Waals surface area contributed by atoms with Crippen LogP contribution in [0.4, 0.5) is 0 Å². The van der Waals surface area contributed by atoms with Crippen molar-refractivity contribution in [3.05, 3.63) is 29.8 Å². The van der Waals surface area contributed by atoms with Crippen LogP contribution >= 0.6 is 0 Å². The second-order valence-electron chi connectivity index (χ2n) is 4.99. The smallest absolute Gasteiger partial charge is 0.146 e. The molecule has 0 amide bonds. The summed E-state index contributed by atoms with van der Waals surface area (Å²) in [6.45, 7) is 0.181. The maximum atomic E-state index is 11.0. The number of para-hydroxylation sites is 1. The summed E-state index contributed by atoms with van der Waals surface area (Å²) in [5.74, 6) is 0.572. The lowest BCUT2D eigenvalue weighted by Crippen LogP contribution is -2.12. The molecule has 0 aliphatic rings. The van der Waals surface area contributed by atoms with E-state index in [0.717, 1.165) is 31.2 Å². The summed E-state index contributed by atoms with van der Waals surface area (Å²) in [6, 6.07) is 7.53. The van der Waals surface area contributed by atoms with Crippen molar-refractivity contribution in [3.63, 3.8) is 0 Å². The Hall–Kier alpha value is -1.35. The lowest BCUT2D eigenvalue weighted by molar-refractivity contribution is -0.117. The Labute approximate surface area is 115 Å². The fourth-order valence-electron chi connectivity index (χ4n) is 2.17. The van der Waals surface area contributed by atoms with Gasteiger partial charge in [-0.3, -0.25) is 4.79 Å². The molecule has 0 saturated heterocycles. The lowest BCUT2D eigenvalue weighted by atomic mass is 10.0. The van der Waals surface area contributed by atoms with Gasteiger partial charge in [-0.25, -0.2) is 0 Å². The number of benzene rings is 1. The zero-order valence-electron chi connectivity index (χ0n) is 11.6. The van der Waals surface area contributed by atoms with E-state index in [0.29, 0.717) is 12.2 Å². The standard InChI is InChI=1S/C16H25NO2/c17-13-15(18)11-6-4-2-1-3-5-9-14-10-7-8-12-16(14)19/h7-8,10,12,19H,1-6,9,11,13,17H2. The van der Waals surface area contributed by atoms with Crippen molar-refractivity contribution in [3.8, 4) is 5.75 Å². The number of hydrogen-bond acceptors (Lipinski definition) is 3. The molecule has 0 unspecified atom stereocenters. The van der Waals surface area contributed by atoms with E-state index in [-0.39, 0.29) is 12.3 Å². The molecule has 0 radical (unpaired) electrons. The summed E-state index contributed by atoms with van der Waals surface area (Å²) in [5.41, 5.74) is 6.29. The molecule has 0 heterocycles. The molecule has 3 N–H and O–H groups in total. The SMILES string of the molecule is NCC(=O)CCCCCCCCc1ccccc1O. The van der Waals surface area contributed by atoms with Crippen LogP contribution in [0.25, 0.3) is 0 Å². The third kappa shape index (κ3) is 6.97. The minimum atomic E-state index is 0.166. The fraction of sp³-hybridized carbons (Fsp3) is 0.562. The Morgan fingerprint density at radius 3 is 2.32 bits per heavy atom. The van der Waals surface area contributed by atoms with Gasteiger partial charge in [0.05, 0.1) is 6.54 Å². The zero-order chi connectivity index (χ0) is 13.9. The highest BCUT2D eigenvalue weighted by Crippen LogP contribution is 2.18. The molecule has 0 atom stereocenters. The maximum Gasteiger partial charge on any atom is 0.146 e. The van der Waals surface area contributed by atoms with Gasteiger partial charge in [-0.2, -0.15) is 0 Å². The topological polar surface area (TPSA) is 63.3 Å². The number of carbonyl (C=O) groups excluding carboxylic acids is 1. The lowest BCUT2D eigenvalue weighted by Gasteiger charge is -2.04. The third-order valence-corrected chi connectivity index (χ3v) is 3.37. The molecule has 0 bridgehead atoms. The highest BCUT2D eigenvalue weighted by atomic mass is 16.3. The quantitative estimate of drug-likeness (QED) is 0.637. The number of phenolic OH excluding ortho intramolecular Hbond substituents is 1. The maximum absolute atomic E-state index is 11.0. The van der Waals surface area contributed by atoms with Crippen LogP contribution in [-0.2, 0) is 11.2 Å². The minimum Gasteiger partial charge on any atom is -0.508 e. The van der Waals surface area contributed by atoms with Crippen LogP contribution in [0.5, 0.6) is 5.75 Å². The molecular formula is C16H25NO2. The van der Waals surface area contributed by atoms with Crippen LogP contribution < -0.4 is 5.73 Å². The van der Waals surface area contributed by atoms with Crippen molar-refractivity contribution >= 4 is 5.78 Å². The summed E-state index contributed by atoms with van der Waals surface area (Å²) in [6.07, 6.45) is 8.33. The van der Waals surface area contributed by atoms with Crippen molar-refractivity contribution in [2.45, 2.75) is 51.4 Å². The number of aromatic hydroxyl groups is 1. The van der Waals surface area contributed by atoms with Gasteiger partial charge in [-0.1, -0.05) is 43.9 Å². The van der Waals surface area contributed by atoms with Crippen LogP contribution in [-0.4, -0.2) is 17.4 Å². The number of carbonyl (C=O) groups is 1. The van der Waals surface area contributed by atoms with Crippen molar-refractivity contribution in [2.75, 3.05) is 6.54 Å². The zero-order valence-corrected chi connectivity index (χ0v) is 11.6. The van der Waals surface area contributed by atoms with E-state index < -0.39 is 0 Å². The second-order valence-corrected chi connectivity index (χ2v) is 4.99. The van der Waals surface area contributed by atoms with E-state index in [1.165, 1.54) is 19.3 Å². The number of unbranched alkanes of at least 4 members (excludes halogenated alkanes) is 5. The molecule has 19 heavy (non-hydrogen) atoms. The van der Waals surface area contributed by atoms with Gasteiger partial charge in [0.1, 0.15) is 11.5 Å². The summed E-state index contributed by atoms with van der Waals surface area (Å²) in [5, 5.41) is 9.62. The first-order valence-corrected chi connectivity index (χ1v) is 7.22. The first-order chi connectivity index (χ1) is 9.24. The number of aryl methyl sites for hydroxylation is 1. The van der Waals surface area contributed by atoms with Crippen LogP contribution in [0.3, 0.4) is 0 Å². The van der Waals surface area contributed by atoms with Gasteiger partial charge >= 0.3 is 0 Å². The van der Waals surface area contributed by atoms with Gasteiger partial charge in [-0.05, 0) is 30.9 Å². The van der Waals surface area contributed by atoms with E-state index in [1.807, 2.05) is 18.2 Å². The van der Waals surface area contributed by atoms with Gasteiger partial charge in [0.2, 0.25) is 0 Å². The third-order valence-electron chi connectivity index (χ3n) is 3.37. The molecule has 3 heteroatoms. The van der Waals surface area contributed by atoms with Gasteiger partial charge < -0.3 is 10.8 Å². The summed E-state index contributed by atoms with van der Waals surface area (Å²) in [4.78, 5) is 11.0. The van der Waals surface area contributed by atoms with Crippen LogP contribution in [0.2, 0.25) is 0 Å². The second kappa shape index (κ2) is 9.56. The summed E-state index contributed by atoms with van der Waals surface area (Å²) < 4.78 is 0. The molecule has 1 aromatic rings. The number of rotatable bonds is 10. The first-order valence-electron chi connectivity index (χ1n) is 7.22. The fourth-order valence-corrected chi connectivity index (χ4v) is 2.17. The molecule has 3 nitrogen and oxygen atoms in total. The average molecular weight is 263 g/mol. The summed E-state index contributed by atoms with van der Waals surface area (Å²) in [7, 11) is 0. The molecule has 0 aliphatic heterocycles. The molecule has 1 aromatic carbocycles. The minimum absolute atomic E-state index is 0.166. The first kappa shape index (κ1) is 15.7. The molecule has 1 rings (SSSR count). The van der Waals surface area contributed by atoms with Crippen LogP contribution in [0.1, 0.15) is 50.5 Å². The Kier molecular flexibility index (Phi) is 7.91. The average Bonchev–Trinajstić information content (AvgIpc) is 2.43. The van der Waals surface area contributed by atoms with Gasteiger partial charge in [0.15, 0.2) is 0 Å². The highest BCUT2D eigenvalue weighted by molar-refractivity contribution is 5.80. The molecular weight excluding hydrogens is 238 g/mol. The van der Waals surface area contributed by atoms with Crippen molar-refractivity contribution in [1.82, 2.24) is 0 Å². The number of hydrogen-bond donors (Lipinski definition) is 2. The molecule has 0 saturated carbocycles. The van der Waals surface area contributed by atoms with Crippen molar-refractivity contribution in [1.29, 1.82) is 0 Å². The molecule has 0 spiro atoms. The Balaban J connectivity index is 1.97. The van der Waals surface area contributed by atoms with E-state index in [1.54, 1.807) is 6.07 Å².